The third-order valence-electron chi connectivity index (χ3n) is 4.27. The van der Waals surface area contributed by atoms with Gasteiger partial charge in [-0.05, 0) is 37.0 Å². The predicted molar refractivity (Wildman–Crippen MR) is 97.4 cm³/mol. The summed E-state index contributed by atoms with van der Waals surface area (Å²) in [6.07, 6.45) is 7.13. The molecule has 0 spiro atoms. The number of aromatic nitrogens is 2. The zero-order chi connectivity index (χ0) is 20.0. The molecule has 0 N–H and O–H groups in total. The molecule has 0 radical (unpaired) electrons. The third-order valence-corrected chi connectivity index (χ3v) is 4.27. The topological polar surface area (TPSA) is 72.4 Å². The summed E-state index contributed by atoms with van der Waals surface area (Å²) < 4.78 is 31.7. The number of amides is 2. The lowest BCUT2D eigenvalue weighted by Crippen LogP contribution is -2.35. The number of hydrogen-bond donors (Lipinski definition) is 0. The highest BCUT2D eigenvalue weighted by Gasteiger charge is 2.34. The van der Waals surface area contributed by atoms with E-state index in [9.17, 15) is 18.4 Å². The first-order chi connectivity index (χ1) is 12.8. The Bertz CT molecular complexity index is 747. The molecule has 1 saturated carbocycles. The molecule has 0 aromatic carbocycles. The van der Waals surface area contributed by atoms with Gasteiger partial charge in [0, 0.05) is 12.8 Å². The molecular formula is C19H21F2N3O3. The molecule has 1 aliphatic carbocycles. The molecule has 1 fully saturated rings. The Labute approximate surface area is 156 Å². The number of carbonyl (C=O) groups excluding carboxylic acids is 2. The van der Waals surface area contributed by atoms with Gasteiger partial charge < -0.3 is 4.74 Å². The minimum Gasteiger partial charge on any atom is -0.493 e. The van der Waals surface area contributed by atoms with Crippen LogP contribution in [-0.4, -0.2) is 34.8 Å². The molecule has 1 aromatic rings. The van der Waals surface area contributed by atoms with Crippen LogP contribution in [0.3, 0.4) is 0 Å². The number of alkyl halides is 2. The molecule has 27 heavy (non-hydrogen) atoms. The Balaban J connectivity index is 2.30. The van der Waals surface area contributed by atoms with Crippen molar-refractivity contribution in [1.29, 1.82) is 0 Å². The van der Waals surface area contributed by atoms with Crippen LogP contribution in [0.15, 0.2) is 37.6 Å². The summed E-state index contributed by atoms with van der Waals surface area (Å²) in [5.74, 6) is -3.83. The highest BCUT2D eigenvalue weighted by molar-refractivity contribution is 6.20. The molecule has 1 heterocycles. The van der Waals surface area contributed by atoms with Crippen molar-refractivity contribution in [3.8, 4) is 5.75 Å². The maximum absolute atomic E-state index is 13.3. The van der Waals surface area contributed by atoms with E-state index < -0.39 is 17.7 Å². The molecule has 6 nitrogen and oxygen atoms in total. The van der Waals surface area contributed by atoms with Crippen LogP contribution in [0.5, 0.6) is 5.75 Å². The quantitative estimate of drug-likeness (QED) is 0.709. The largest absolute Gasteiger partial charge is 0.493 e. The van der Waals surface area contributed by atoms with Crippen LogP contribution in [0.4, 0.5) is 14.7 Å². The fourth-order valence-corrected chi connectivity index (χ4v) is 2.73. The van der Waals surface area contributed by atoms with Gasteiger partial charge in [-0.2, -0.15) is 0 Å². The number of ether oxygens (including phenoxy) is 1. The lowest BCUT2D eigenvalue weighted by atomic mass is 9.86. The summed E-state index contributed by atoms with van der Waals surface area (Å²) in [6, 6.07) is 0. The number of hydrogen-bond acceptors (Lipinski definition) is 5. The highest BCUT2D eigenvalue weighted by Crippen LogP contribution is 2.37. The van der Waals surface area contributed by atoms with E-state index in [0.29, 0.717) is 24.3 Å². The molecule has 8 heteroatoms. The molecule has 0 unspecified atom stereocenters. The highest BCUT2D eigenvalue weighted by atomic mass is 19.3. The number of anilines is 1. The van der Waals surface area contributed by atoms with Crippen LogP contribution >= 0.6 is 0 Å². The molecule has 0 atom stereocenters. The Morgan fingerprint density at radius 3 is 2.37 bits per heavy atom. The number of rotatable bonds is 6. The second kappa shape index (κ2) is 8.66. The Kier molecular flexibility index (Phi) is 6.55. The van der Waals surface area contributed by atoms with Crippen molar-refractivity contribution in [2.75, 3.05) is 12.0 Å². The van der Waals surface area contributed by atoms with Gasteiger partial charge in [-0.3, -0.25) is 9.59 Å². The van der Waals surface area contributed by atoms with Crippen LogP contribution in [0.1, 0.15) is 31.4 Å². The number of halogens is 2. The monoisotopic (exact) mass is 377 g/mol. The van der Waals surface area contributed by atoms with Gasteiger partial charge in [0.25, 0.3) is 11.8 Å². The van der Waals surface area contributed by atoms with E-state index in [1.807, 2.05) is 0 Å². The zero-order valence-electron chi connectivity index (χ0n) is 15.0. The Morgan fingerprint density at radius 1 is 1.26 bits per heavy atom. The van der Waals surface area contributed by atoms with E-state index in [2.05, 4.69) is 23.1 Å². The molecular weight excluding hydrogens is 356 g/mol. The first-order valence-electron chi connectivity index (χ1n) is 8.41. The smallest absolute Gasteiger partial charge is 0.259 e. The SMILES string of the molecule is C=CC(=O)N(C(=O)C=C)c1ncc(OC)c(C=CC2CCC(F)(F)CC2)n1. The number of allylic oxidation sites excluding steroid dienone is 1. The van der Waals surface area contributed by atoms with E-state index in [1.54, 1.807) is 12.2 Å². The van der Waals surface area contributed by atoms with Crippen molar-refractivity contribution in [2.45, 2.75) is 31.6 Å². The van der Waals surface area contributed by atoms with Crippen LogP contribution in [0, 0.1) is 5.92 Å². The van der Waals surface area contributed by atoms with E-state index >= 15 is 0 Å². The van der Waals surface area contributed by atoms with Gasteiger partial charge in [0.1, 0.15) is 5.69 Å². The standard InChI is InChI=1S/C19H21F2N3O3/c1-4-16(25)24(17(26)5-2)18-22-12-15(27-3)14(23-18)7-6-13-8-10-19(20,21)11-9-13/h4-7,12-13H,1-2,8-11H2,3H3. The van der Waals surface area contributed by atoms with Crippen molar-refractivity contribution in [3.63, 3.8) is 0 Å². The lowest BCUT2D eigenvalue weighted by molar-refractivity contribution is -0.121. The van der Waals surface area contributed by atoms with E-state index in [1.165, 1.54) is 13.3 Å². The molecule has 2 rings (SSSR count). The normalized spacial score (nSPS) is 16.7. The van der Waals surface area contributed by atoms with E-state index in [-0.39, 0.29) is 24.7 Å². The molecule has 0 bridgehead atoms. The minimum atomic E-state index is -2.60. The molecule has 1 aromatic heterocycles. The molecule has 144 valence electrons. The van der Waals surface area contributed by atoms with Crippen LogP contribution in [0.25, 0.3) is 6.08 Å². The van der Waals surface area contributed by atoms with Gasteiger partial charge in [0.15, 0.2) is 5.75 Å². The Morgan fingerprint density at radius 2 is 1.85 bits per heavy atom. The first-order valence-corrected chi connectivity index (χ1v) is 8.41. The van der Waals surface area contributed by atoms with Crippen molar-refractivity contribution in [2.24, 2.45) is 5.92 Å². The second-order valence-corrected chi connectivity index (χ2v) is 6.10. The molecule has 2 amide bonds. The van der Waals surface area contributed by atoms with Gasteiger partial charge in [-0.15, -0.1) is 0 Å². The molecule has 0 aliphatic heterocycles. The summed E-state index contributed by atoms with van der Waals surface area (Å²) in [6.45, 7) is 6.71. The summed E-state index contributed by atoms with van der Waals surface area (Å²) in [4.78, 5) is 32.9. The van der Waals surface area contributed by atoms with Gasteiger partial charge in [0.05, 0.1) is 13.3 Å². The summed E-state index contributed by atoms with van der Waals surface area (Å²) in [7, 11) is 1.43. The van der Waals surface area contributed by atoms with Crippen molar-refractivity contribution in [1.82, 2.24) is 9.97 Å². The zero-order valence-corrected chi connectivity index (χ0v) is 15.0. The fraction of sp³-hybridized carbons (Fsp3) is 0.368. The average Bonchev–Trinajstić information content (AvgIpc) is 2.67. The number of carbonyl (C=O) groups is 2. The van der Waals surface area contributed by atoms with Crippen LogP contribution in [-0.2, 0) is 9.59 Å². The first kappa shape index (κ1) is 20.4. The second-order valence-electron chi connectivity index (χ2n) is 6.10. The number of methoxy groups -OCH3 is 1. The van der Waals surface area contributed by atoms with Gasteiger partial charge in [0.2, 0.25) is 11.9 Å². The summed E-state index contributed by atoms with van der Waals surface area (Å²) >= 11 is 0. The van der Waals surface area contributed by atoms with Gasteiger partial charge >= 0.3 is 0 Å². The van der Waals surface area contributed by atoms with E-state index in [0.717, 1.165) is 17.1 Å². The third kappa shape index (κ3) is 5.06. The van der Waals surface area contributed by atoms with Crippen LogP contribution < -0.4 is 9.64 Å². The number of nitrogens with zero attached hydrogens (tertiary/aromatic N) is 3. The lowest BCUT2D eigenvalue weighted by Gasteiger charge is -2.26. The summed E-state index contributed by atoms with van der Waals surface area (Å²) in [5, 5.41) is 0. The molecule has 1 aliphatic rings. The maximum Gasteiger partial charge on any atom is 0.259 e. The Hall–Kier alpha value is -2.90. The van der Waals surface area contributed by atoms with Crippen molar-refractivity contribution in [3.05, 3.63) is 43.3 Å². The van der Waals surface area contributed by atoms with Gasteiger partial charge in [-0.25, -0.2) is 23.6 Å². The van der Waals surface area contributed by atoms with Crippen molar-refractivity contribution < 1.29 is 23.1 Å². The summed E-state index contributed by atoms with van der Waals surface area (Å²) in [5.41, 5.74) is 0.332. The average molecular weight is 377 g/mol. The predicted octanol–water partition coefficient (Wildman–Crippen LogP) is 3.56. The van der Waals surface area contributed by atoms with E-state index in [4.69, 9.17) is 4.74 Å². The van der Waals surface area contributed by atoms with Crippen molar-refractivity contribution >= 4 is 23.8 Å². The molecule has 0 saturated heterocycles. The van der Waals surface area contributed by atoms with Crippen LogP contribution in [0.2, 0.25) is 0 Å². The number of imide groups is 1. The maximum atomic E-state index is 13.3. The van der Waals surface area contributed by atoms with Gasteiger partial charge in [-0.1, -0.05) is 19.2 Å². The minimum absolute atomic E-state index is 0.00605. The fourth-order valence-electron chi connectivity index (χ4n) is 2.73.